The lowest BCUT2D eigenvalue weighted by Crippen LogP contribution is -2.13. The van der Waals surface area contributed by atoms with Gasteiger partial charge in [0.05, 0.1) is 30.2 Å². The molecular weight excluding hydrogens is 230 g/mol. The predicted molar refractivity (Wildman–Crippen MR) is 69.5 cm³/mol. The van der Waals surface area contributed by atoms with E-state index in [2.05, 4.69) is 10.3 Å². The normalized spacial score (nSPS) is 23.7. The van der Waals surface area contributed by atoms with E-state index < -0.39 is 0 Å². The lowest BCUT2D eigenvalue weighted by Gasteiger charge is -2.14. The summed E-state index contributed by atoms with van der Waals surface area (Å²) >= 11 is 0. The van der Waals surface area contributed by atoms with Crippen molar-refractivity contribution in [3.63, 3.8) is 0 Å². The molecule has 0 spiro atoms. The van der Waals surface area contributed by atoms with Gasteiger partial charge in [-0.25, -0.2) is 4.98 Å². The highest BCUT2D eigenvalue weighted by atomic mass is 16.5. The second kappa shape index (κ2) is 4.59. The monoisotopic (exact) mass is 247 g/mol. The van der Waals surface area contributed by atoms with Crippen LogP contribution in [-0.4, -0.2) is 34.4 Å². The third kappa shape index (κ3) is 1.76. The van der Waals surface area contributed by atoms with Crippen LogP contribution in [0.25, 0.3) is 11.0 Å². The summed E-state index contributed by atoms with van der Waals surface area (Å²) in [6, 6.07) is 6.05. The Bertz CT molecular complexity index is 552. The molecule has 5 nitrogen and oxygen atoms in total. The van der Waals surface area contributed by atoms with Crippen LogP contribution in [0.2, 0.25) is 0 Å². The number of benzene rings is 1. The molecule has 0 amide bonds. The fourth-order valence-electron chi connectivity index (χ4n) is 2.51. The predicted octanol–water partition coefficient (Wildman–Crippen LogP) is 1.75. The third-order valence-electron chi connectivity index (χ3n) is 3.47. The van der Waals surface area contributed by atoms with Gasteiger partial charge in [0.2, 0.25) is 0 Å². The van der Waals surface area contributed by atoms with Gasteiger partial charge in [0, 0.05) is 7.05 Å². The van der Waals surface area contributed by atoms with Crippen LogP contribution in [0.5, 0.6) is 0 Å². The first-order valence-corrected chi connectivity index (χ1v) is 6.23. The van der Waals surface area contributed by atoms with Crippen molar-refractivity contribution in [2.75, 3.05) is 19.0 Å². The lowest BCUT2D eigenvalue weighted by molar-refractivity contribution is -0.0204. The number of aliphatic hydroxyl groups is 1. The number of fused-ring (bicyclic) bond motifs is 1. The molecule has 2 heterocycles. The van der Waals surface area contributed by atoms with Gasteiger partial charge in [-0.2, -0.15) is 0 Å². The Balaban J connectivity index is 1.98. The maximum Gasteiger partial charge on any atom is 0.135 e. The summed E-state index contributed by atoms with van der Waals surface area (Å²) in [6.07, 6.45) is 3.57. The Kier molecular flexibility index (Phi) is 2.93. The second-order valence-electron chi connectivity index (χ2n) is 4.55. The number of anilines is 1. The summed E-state index contributed by atoms with van der Waals surface area (Å²) in [4.78, 5) is 4.44. The molecule has 96 valence electrons. The number of aromatic nitrogens is 2. The average Bonchev–Trinajstić information content (AvgIpc) is 3.03. The molecule has 2 N–H and O–H groups in total. The van der Waals surface area contributed by atoms with Gasteiger partial charge in [-0.05, 0) is 25.0 Å². The molecule has 0 bridgehead atoms. The summed E-state index contributed by atoms with van der Waals surface area (Å²) < 4.78 is 7.84. The van der Waals surface area contributed by atoms with Gasteiger partial charge in [0.1, 0.15) is 11.7 Å². The number of nitrogens with zero attached hydrogens (tertiary/aromatic N) is 2. The van der Waals surface area contributed by atoms with Crippen LogP contribution in [0, 0.1) is 0 Å². The summed E-state index contributed by atoms with van der Waals surface area (Å²) in [7, 11) is 1.89. The van der Waals surface area contributed by atoms with Crippen molar-refractivity contribution in [1.29, 1.82) is 0 Å². The lowest BCUT2D eigenvalue weighted by atomic mass is 10.2. The largest absolute Gasteiger partial charge is 0.394 e. The zero-order valence-electron chi connectivity index (χ0n) is 10.3. The minimum absolute atomic E-state index is 0.0146. The van der Waals surface area contributed by atoms with E-state index in [1.165, 1.54) is 0 Å². The number of imidazole rings is 1. The van der Waals surface area contributed by atoms with Crippen molar-refractivity contribution < 1.29 is 9.84 Å². The molecule has 1 saturated heterocycles. The molecule has 2 atom stereocenters. The summed E-state index contributed by atoms with van der Waals surface area (Å²) in [5.41, 5.74) is 3.03. The van der Waals surface area contributed by atoms with Crippen LogP contribution >= 0.6 is 0 Å². The topological polar surface area (TPSA) is 59.3 Å². The fourth-order valence-corrected chi connectivity index (χ4v) is 2.51. The molecule has 1 aliphatic rings. The molecular formula is C13H17N3O2. The van der Waals surface area contributed by atoms with Crippen LogP contribution in [0.15, 0.2) is 24.5 Å². The Hall–Kier alpha value is -1.59. The first-order valence-electron chi connectivity index (χ1n) is 6.23. The molecule has 18 heavy (non-hydrogen) atoms. The van der Waals surface area contributed by atoms with E-state index in [0.29, 0.717) is 0 Å². The highest BCUT2D eigenvalue weighted by Gasteiger charge is 2.27. The molecule has 1 aliphatic heterocycles. The summed E-state index contributed by atoms with van der Waals surface area (Å²) in [6.45, 7) is 0.0882. The van der Waals surface area contributed by atoms with Crippen LogP contribution in [0.3, 0.4) is 0 Å². The minimum Gasteiger partial charge on any atom is -0.394 e. The number of aliphatic hydroxyl groups excluding tert-OH is 1. The maximum absolute atomic E-state index is 9.12. The Morgan fingerprint density at radius 1 is 1.50 bits per heavy atom. The molecule has 1 fully saturated rings. The van der Waals surface area contributed by atoms with Crippen molar-refractivity contribution in [2.45, 2.75) is 25.2 Å². The third-order valence-corrected chi connectivity index (χ3v) is 3.47. The number of para-hydroxylation sites is 1. The first kappa shape index (κ1) is 11.5. The molecule has 0 aliphatic carbocycles. The standard InChI is InChI=1S/C13H17N3O2/c1-14-10-3-2-4-11-13(10)15-8-16(11)12-6-5-9(7-17)18-12/h2-4,8-9,12,14,17H,5-7H2,1H3/t9-,12-/m0/s1. The zero-order chi connectivity index (χ0) is 12.5. The van der Waals surface area contributed by atoms with Gasteiger partial charge in [-0.1, -0.05) is 6.07 Å². The molecule has 0 unspecified atom stereocenters. The molecule has 0 radical (unpaired) electrons. The van der Waals surface area contributed by atoms with Crippen molar-refractivity contribution >= 4 is 16.7 Å². The number of ether oxygens (including phenoxy) is 1. The van der Waals surface area contributed by atoms with E-state index in [0.717, 1.165) is 29.6 Å². The van der Waals surface area contributed by atoms with Gasteiger partial charge >= 0.3 is 0 Å². The van der Waals surface area contributed by atoms with E-state index in [1.54, 1.807) is 0 Å². The van der Waals surface area contributed by atoms with Crippen LogP contribution in [-0.2, 0) is 4.74 Å². The highest BCUT2D eigenvalue weighted by Crippen LogP contribution is 2.32. The highest BCUT2D eigenvalue weighted by molar-refractivity contribution is 5.88. The van der Waals surface area contributed by atoms with Crippen LogP contribution in [0.1, 0.15) is 19.1 Å². The zero-order valence-corrected chi connectivity index (χ0v) is 10.3. The molecule has 0 saturated carbocycles. The molecule has 1 aromatic heterocycles. The minimum atomic E-state index is -0.0417. The average molecular weight is 247 g/mol. The molecule has 1 aromatic carbocycles. The molecule has 2 aromatic rings. The van der Waals surface area contributed by atoms with Gasteiger partial charge in [-0.15, -0.1) is 0 Å². The van der Waals surface area contributed by atoms with E-state index in [9.17, 15) is 0 Å². The van der Waals surface area contributed by atoms with E-state index in [4.69, 9.17) is 9.84 Å². The summed E-state index contributed by atoms with van der Waals surface area (Å²) in [5.74, 6) is 0. The van der Waals surface area contributed by atoms with Crippen LogP contribution in [0.4, 0.5) is 5.69 Å². The Morgan fingerprint density at radius 2 is 2.39 bits per heavy atom. The van der Waals surface area contributed by atoms with Gasteiger partial charge in [0.25, 0.3) is 0 Å². The van der Waals surface area contributed by atoms with E-state index in [-0.39, 0.29) is 18.9 Å². The van der Waals surface area contributed by atoms with Gasteiger partial charge in [0.15, 0.2) is 0 Å². The van der Waals surface area contributed by atoms with E-state index in [1.807, 2.05) is 36.1 Å². The summed E-state index contributed by atoms with van der Waals surface area (Å²) in [5, 5.41) is 12.3. The fraction of sp³-hybridized carbons (Fsp3) is 0.462. The van der Waals surface area contributed by atoms with Crippen LogP contribution < -0.4 is 5.32 Å². The van der Waals surface area contributed by atoms with Gasteiger partial charge < -0.3 is 19.7 Å². The Morgan fingerprint density at radius 3 is 3.11 bits per heavy atom. The van der Waals surface area contributed by atoms with Crippen molar-refractivity contribution in [3.05, 3.63) is 24.5 Å². The van der Waals surface area contributed by atoms with Crippen molar-refractivity contribution in [1.82, 2.24) is 9.55 Å². The molecule has 3 rings (SSSR count). The first-order chi connectivity index (χ1) is 8.83. The number of nitrogens with one attached hydrogen (secondary N) is 1. The smallest absolute Gasteiger partial charge is 0.135 e. The van der Waals surface area contributed by atoms with Crippen molar-refractivity contribution in [2.24, 2.45) is 0 Å². The number of hydrogen-bond acceptors (Lipinski definition) is 4. The second-order valence-corrected chi connectivity index (χ2v) is 4.55. The number of hydrogen-bond donors (Lipinski definition) is 2. The van der Waals surface area contributed by atoms with Crippen molar-refractivity contribution in [3.8, 4) is 0 Å². The van der Waals surface area contributed by atoms with Gasteiger partial charge in [-0.3, -0.25) is 0 Å². The Labute approximate surface area is 105 Å². The maximum atomic E-state index is 9.12. The molecule has 5 heteroatoms. The van der Waals surface area contributed by atoms with E-state index >= 15 is 0 Å². The number of rotatable bonds is 3. The SMILES string of the molecule is CNc1cccc2c1ncn2[C@@H]1CC[C@@H](CO)O1. The quantitative estimate of drug-likeness (QED) is 0.867.